The quantitative estimate of drug-likeness (QED) is 0.186. The van der Waals surface area contributed by atoms with Gasteiger partial charge in [0.1, 0.15) is 6.42 Å². The number of carbonyl (C=O) groups excluding carboxylic acids is 2. The van der Waals surface area contributed by atoms with Crippen molar-refractivity contribution in [2.75, 3.05) is 10.2 Å². The zero-order chi connectivity index (χ0) is 19.8. The highest BCUT2D eigenvalue weighted by Crippen LogP contribution is 2.43. The van der Waals surface area contributed by atoms with Crippen LogP contribution in [0.25, 0.3) is 10.8 Å². The summed E-state index contributed by atoms with van der Waals surface area (Å²) in [5.74, 6) is -0.831. The molecule has 4 rings (SSSR count). The topological polar surface area (TPSA) is 108 Å². The minimum atomic E-state index is -0.381. The number of rotatable bonds is 2. The van der Waals surface area contributed by atoms with E-state index in [1.165, 1.54) is 4.90 Å². The molecule has 1 heterocycles. The third kappa shape index (κ3) is 2.97. The summed E-state index contributed by atoms with van der Waals surface area (Å²) in [5.41, 5.74) is 7.76. The van der Waals surface area contributed by atoms with Gasteiger partial charge >= 0.3 is 0 Å². The summed E-state index contributed by atoms with van der Waals surface area (Å²) in [4.78, 5) is 26.7. The van der Waals surface area contributed by atoms with E-state index in [1.54, 1.807) is 30.3 Å². The van der Waals surface area contributed by atoms with Gasteiger partial charge in [-0.1, -0.05) is 57.5 Å². The van der Waals surface area contributed by atoms with E-state index in [9.17, 15) is 9.59 Å². The molecular weight excluding hydrogens is 424 g/mol. The number of nitrogens with two attached hydrogens (primary N) is 1. The number of oxime groups is 1. The van der Waals surface area contributed by atoms with Crippen LogP contribution < -0.4 is 16.0 Å². The second-order valence-corrected chi connectivity index (χ2v) is 7.14. The number of carbonyl (C=O) groups is 2. The lowest BCUT2D eigenvalue weighted by Gasteiger charge is -2.24. The van der Waals surface area contributed by atoms with E-state index in [-0.39, 0.29) is 24.1 Å². The van der Waals surface area contributed by atoms with Crippen molar-refractivity contribution in [1.82, 2.24) is 0 Å². The molecule has 0 fully saturated rings. The van der Waals surface area contributed by atoms with Crippen LogP contribution in [0.2, 0.25) is 0 Å². The molecule has 7 nitrogen and oxygen atoms in total. The Bertz CT molecular complexity index is 1160. The number of fused-ring (bicyclic) bond motifs is 3. The maximum Gasteiger partial charge on any atom is 0.241 e. The first-order valence-electron chi connectivity index (χ1n) is 8.41. The predicted molar refractivity (Wildman–Crippen MR) is 111 cm³/mol. The molecular formula is C20H15BrN4O3. The van der Waals surface area contributed by atoms with Gasteiger partial charge in [-0.3, -0.25) is 14.5 Å². The van der Waals surface area contributed by atoms with Crippen molar-refractivity contribution < 1.29 is 14.8 Å². The molecule has 2 amide bonds. The lowest BCUT2D eigenvalue weighted by Crippen LogP contribution is -2.26. The summed E-state index contributed by atoms with van der Waals surface area (Å²) in [6.07, 6.45) is -0.297. The molecule has 3 aromatic rings. The molecule has 3 aromatic carbocycles. The van der Waals surface area contributed by atoms with Gasteiger partial charge in [0.2, 0.25) is 11.8 Å². The van der Waals surface area contributed by atoms with Gasteiger partial charge in [0.05, 0.1) is 11.4 Å². The monoisotopic (exact) mass is 438 g/mol. The number of amides is 2. The summed E-state index contributed by atoms with van der Waals surface area (Å²) in [6.45, 7) is 0. The van der Waals surface area contributed by atoms with E-state index in [1.807, 2.05) is 24.3 Å². The molecule has 0 saturated carbocycles. The van der Waals surface area contributed by atoms with Gasteiger partial charge in [0.25, 0.3) is 0 Å². The number of halogens is 1. The Kier molecular flexibility index (Phi) is 4.48. The van der Waals surface area contributed by atoms with Gasteiger partial charge in [0, 0.05) is 21.1 Å². The van der Waals surface area contributed by atoms with Crippen molar-refractivity contribution in [3.05, 3.63) is 64.6 Å². The lowest BCUT2D eigenvalue weighted by molar-refractivity contribution is -0.124. The number of nitrogens with one attached hydrogen (secondary N) is 1. The van der Waals surface area contributed by atoms with Crippen molar-refractivity contribution in [3.8, 4) is 0 Å². The smallest absolute Gasteiger partial charge is 0.241 e. The molecule has 140 valence electrons. The highest BCUT2D eigenvalue weighted by atomic mass is 79.9. The fourth-order valence-electron chi connectivity index (χ4n) is 3.30. The Labute approximate surface area is 168 Å². The molecule has 1 aliphatic heterocycles. The Balaban J connectivity index is 1.99. The number of amidine groups is 1. The van der Waals surface area contributed by atoms with Crippen molar-refractivity contribution in [2.24, 2.45) is 10.9 Å². The number of nitrogens with zero attached hydrogens (tertiary/aromatic N) is 2. The van der Waals surface area contributed by atoms with E-state index in [0.29, 0.717) is 22.6 Å². The number of anilines is 3. The summed E-state index contributed by atoms with van der Waals surface area (Å²) in [6, 6.07) is 16.1. The molecule has 0 radical (unpaired) electrons. The number of hydrogen-bond acceptors (Lipinski definition) is 4. The normalized spacial score (nSPS) is 14.6. The van der Waals surface area contributed by atoms with E-state index in [4.69, 9.17) is 10.9 Å². The van der Waals surface area contributed by atoms with Gasteiger partial charge < -0.3 is 16.3 Å². The maximum atomic E-state index is 12.9. The molecule has 0 aliphatic carbocycles. The minimum Gasteiger partial charge on any atom is -0.409 e. The number of benzene rings is 3. The molecule has 0 spiro atoms. The molecule has 0 bridgehead atoms. The van der Waals surface area contributed by atoms with E-state index >= 15 is 0 Å². The zero-order valence-electron chi connectivity index (χ0n) is 14.5. The maximum absolute atomic E-state index is 12.9. The lowest BCUT2D eigenvalue weighted by atomic mass is 10.1. The predicted octanol–water partition coefficient (Wildman–Crippen LogP) is 3.70. The second-order valence-electron chi connectivity index (χ2n) is 6.29. The van der Waals surface area contributed by atoms with Crippen LogP contribution >= 0.6 is 15.9 Å². The zero-order valence-corrected chi connectivity index (χ0v) is 16.1. The van der Waals surface area contributed by atoms with Gasteiger partial charge in [0.15, 0.2) is 5.84 Å². The first-order valence-corrected chi connectivity index (χ1v) is 9.21. The fourth-order valence-corrected chi connectivity index (χ4v) is 3.87. The first kappa shape index (κ1) is 18.0. The molecule has 1 aliphatic rings. The Morgan fingerprint density at radius 3 is 2.61 bits per heavy atom. The highest BCUT2D eigenvalue weighted by molar-refractivity contribution is 9.10. The molecule has 0 atom stereocenters. The fraction of sp³-hybridized carbons (Fsp3) is 0.0500. The largest absolute Gasteiger partial charge is 0.409 e. The van der Waals surface area contributed by atoms with Crippen molar-refractivity contribution >= 4 is 61.4 Å². The highest BCUT2D eigenvalue weighted by Gasteiger charge is 2.29. The second kappa shape index (κ2) is 6.97. The van der Waals surface area contributed by atoms with Crippen LogP contribution in [0.4, 0.5) is 17.1 Å². The molecule has 28 heavy (non-hydrogen) atoms. The van der Waals surface area contributed by atoms with E-state index in [0.717, 1.165) is 15.2 Å². The summed E-state index contributed by atoms with van der Waals surface area (Å²) < 4.78 is 0.795. The van der Waals surface area contributed by atoms with Gasteiger partial charge in [-0.05, 0) is 23.6 Å². The van der Waals surface area contributed by atoms with Crippen LogP contribution in [0.1, 0.15) is 12.0 Å². The Hall–Kier alpha value is -3.39. The SMILES string of the molecule is N/C(=N\O)c1cccc(N2C(=O)CC(=O)Nc3c2cc(Br)c2ccccc32)c1. The minimum absolute atomic E-state index is 0.0711. The van der Waals surface area contributed by atoms with Crippen LogP contribution in [0, 0.1) is 0 Å². The summed E-state index contributed by atoms with van der Waals surface area (Å²) in [5, 5.41) is 16.6. The van der Waals surface area contributed by atoms with Gasteiger partial charge in [-0.15, -0.1) is 0 Å². The average Bonchev–Trinajstić information content (AvgIpc) is 2.82. The van der Waals surface area contributed by atoms with Crippen LogP contribution in [0.5, 0.6) is 0 Å². The van der Waals surface area contributed by atoms with E-state index in [2.05, 4.69) is 26.4 Å². The van der Waals surface area contributed by atoms with Crippen LogP contribution in [-0.2, 0) is 9.59 Å². The standard InChI is InChI=1S/C20H15BrN4O3/c21-15-9-16-19(14-7-2-1-6-13(14)15)23-17(26)10-18(27)25(16)12-5-3-4-11(8-12)20(22)24-28/h1-9,28H,10H2,(H2,22,24)(H,23,26). The molecule has 0 unspecified atom stereocenters. The molecule has 0 saturated heterocycles. The molecule has 8 heteroatoms. The third-order valence-corrected chi connectivity index (χ3v) is 5.20. The Morgan fingerprint density at radius 1 is 1.11 bits per heavy atom. The van der Waals surface area contributed by atoms with E-state index < -0.39 is 0 Å². The Morgan fingerprint density at radius 2 is 1.86 bits per heavy atom. The average molecular weight is 439 g/mol. The van der Waals surface area contributed by atoms with Gasteiger partial charge in [-0.25, -0.2) is 0 Å². The summed E-state index contributed by atoms with van der Waals surface area (Å²) >= 11 is 3.56. The number of hydrogen-bond donors (Lipinski definition) is 3. The third-order valence-electron chi connectivity index (χ3n) is 4.55. The van der Waals surface area contributed by atoms with Crippen LogP contribution in [0.15, 0.2) is 64.2 Å². The van der Waals surface area contributed by atoms with Gasteiger partial charge in [-0.2, -0.15) is 0 Å². The van der Waals surface area contributed by atoms with Crippen LogP contribution in [-0.4, -0.2) is 22.9 Å². The van der Waals surface area contributed by atoms with Crippen molar-refractivity contribution in [2.45, 2.75) is 6.42 Å². The molecule has 0 aromatic heterocycles. The first-order chi connectivity index (χ1) is 13.5. The summed E-state index contributed by atoms with van der Waals surface area (Å²) in [7, 11) is 0. The van der Waals surface area contributed by atoms with Crippen molar-refractivity contribution in [3.63, 3.8) is 0 Å². The van der Waals surface area contributed by atoms with Crippen LogP contribution in [0.3, 0.4) is 0 Å². The van der Waals surface area contributed by atoms with Crippen molar-refractivity contribution in [1.29, 1.82) is 0 Å². The molecule has 4 N–H and O–H groups in total.